The average molecular weight is 312 g/mol. The molecule has 0 spiro atoms. The summed E-state index contributed by atoms with van der Waals surface area (Å²) in [5.41, 5.74) is 1.54. The number of hydrogen-bond donors (Lipinski definition) is 3. The third-order valence-corrected chi connectivity index (χ3v) is 3.57. The fourth-order valence-electron chi connectivity index (χ4n) is 2.46. The predicted octanol–water partition coefficient (Wildman–Crippen LogP) is 1.33. The van der Waals surface area contributed by atoms with Gasteiger partial charge in [-0.1, -0.05) is 30.3 Å². The topological polar surface area (TPSA) is 95.6 Å². The number of ketones is 1. The van der Waals surface area contributed by atoms with Gasteiger partial charge in [-0.15, -0.1) is 0 Å². The number of hydrogen-bond acceptors (Lipinski definition) is 5. The van der Waals surface area contributed by atoms with Gasteiger partial charge in [-0.25, -0.2) is 4.98 Å². The molecule has 118 valence electrons. The first-order chi connectivity index (χ1) is 11.1. The minimum absolute atomic E-state index is 0.0334. The quantitative estimate of drug-likeness (QED) is 0.618. The van der Waals surface area contributed by atoms with Crippen LogP contribution in [0.25, 0.3) is 11.0 Å². The van der Waals surface area contributed by atoms with Crippen LogP contribution in [0.3, 0.4) is 0 Å². The number of aliphatic hydroxyl groups excluding tert-OH is 2. The molecule has 3 aromatic rings. The van der Waals surface area contributed by atoms with Crippen LogP contribution in [0, 0.1) is 0 Å². The standard InChI is InChI=1S/C17H16N2O4/c20-10-13(22)9-19-15-7-6-12(21)8-14(15)18-17(19)16(23)11-4-2-1-3-5-11/h1-8,13,20-22H,9-10H2. The number of imidazole rings is 1. The number of carbonyl (C=O) groups is 1. The SMILES string of the molecule is O=C(c1ccccc1)c1nc2cc(O)ccc2n1CC(O)CO. The molecule has 0 amide bonds. The molecule has 23 heavy (non-hydrogen) atoms. The van der Waals surface area contributed by atoms with Gasteiger partial charge < -0.3 is 19.9 Å². The first-order valence-electron chi connectivity index (χ1n) is 7.18. The lowest BCUT2D eigenvalue weighted by molar-refractivity contribution is 0.0804. The Morgan fingerprint density at radius 1 is 1.17 bits per heavy atom. The summed E-state index contributed by atoms with van der Waals surface area (Å²) < 4.78 is 1.56. The van der Waals surface area contributed by atoms with Gasteiger partial charge in [-0.2, -0.15) is 0 Å². The van der Waals surface area contributed by atoms with Crippen LogP contribution in [0.4, 0.5) is 0 Å². The Morgan fingerprint density at radius 3 is 2.61 bits per heavy atom. The third-order valence-electron chi connectivity index (χ3n) is 3.57. The molecule has 2 aromatic carbocycles. The van der Waals surface area contributed by atoms with Crippen LogP contribution in [0.15, 0.2) is 48.5 Å². The maximum atomic E-state index is 12.7. The van der Waals surface area contributed by atoms with E-state index in [1.54, 1.807) is 34.9 Å². The Morgan fingerprint density at radius 2 is 1.91 bits per heavy atom. The number of rotatable bonds is 5. The summed E-state index contributed by atoms with van der Waals surface area (Å²) in [6.45, 7) is -0.387. The van der Waals surface area contributed by atoms with E-state index in [1.165, 1.54) is 12.1 Å². The van der Waals surface area contributed by atoms with Crippen molar-refractivity contribution in [2.75, 3.05) is 6.61 Å². The number of aliphatic hydroxyl groups is 2. The summed E-state index contributed by atoms with van der Waals surface area (Å²) in [6.07, 6.45) is -1.01. The van der Waals surface area contributed by atoms with Crippen molar-refractivity contribution < 1.29 is 20.1 Å². The van der Waals surface area contributed by atoms with Crippen LogP contribution < -0.4 is 0 Å². The molecule has 0 aliphatic heterocycles. The van der Waals surface area contributed by atoms with Crippen LogP contribution in [-0.2, 0) is 6.54 Å². The largest absolute Gasteiger partial charge is 0.508 e. The maximum Gasteiger partial charge on any atom is 0.228 e. The van der Waals surface area contributed by atoms with Crippen molar-refractivity contribution in [1.29, 1.82) is 0 Å². The number of aromatic nitrogens is 2. The highest BCUT2D eigenvalue weighted by atomic mass is 16.3. The van der Waals surface area contributed by atoms with Gasteiger partial charge in [0.15, 0.2) is 5.82 Å². The highest BCUT2D eigenvalue weighted by Gasteiger charge is 2.20. The molecule has 0 radical (unpaired) electrons. The van der Waals surface area contributed by atoms with Gasteiger partial charge in [0.05, 0.1) is 30.3 Å². The number of aromatic hydroxyl groups is 1. The van der Waals surface area contributed by atoms with Crippen molar-refractivity contribution in [3.8, 4) is 5.75 Å². The molecule has 0 fully saturated rings. The Kier molecular flexibility index (Phi) is 4.10. The molecule has 1 atom stereocenters. The smallest absolute Gasteiger partial charge is 0.228 e. The summed E-state index contributed by atoms with van der Waals surface area (Å²) in [4.78, 5) is 17.0. The zero-order valence-electron chi connectivity index (χ0n) is 12.3. The van der Waals surface area contributed by atoms with E-state index in [9.17, 15) is 15.0 Å². The number of nitrogens with zero attached hydrogens (tertiary/aromatic N) is 2. The molecule has 3 N–H and O–H groups in total. The lowest BCUT2D eigenvalue weighted by atomic mass is 10.1. The normalized spacial score (nSPS) is 12.4. The van der Waals surface area contributed by atoms with Crippen LogP contribution >= 0.6 is 0 Å². The minimum atomic E-state index is -1.01. The lowest BCUT2D eigenvalue weighted by Gasteiger charge is -2.12. The molecule has 0 saturated carbocycles. The van der Waals surface area contributed by atoms with E-state index in [4.69, 9.17) is 5.11 Å². The number of phenolic OH excluding ortho intramolecular Hbond substituents is 1. The summed E-state index contributed by atoms with van der Waals surface area (Å²) >= 11 is 0. The van der Waals surface area contributed by atoms with Crippen LogP contribution in [0.2, 0.25) is 0 Å². The Hall–Kier alpha value is -2.70. The van der Waals surface area contributed by atoms with Crippen LogP contribution in [0.5, 0.6) is 5.75 Å². The van der Waals surface area contributed by atoms with E-state index in [2.05, 4.69) is 4.98 Å². The molecule has 3 rings (SSSR count). The van der Waals surface area contributed by atoms with Crippen LogP contribution in [0.1, 0.15) is 16.2 Å². The third kappa shape index (κ3) is 2.94. The Balaban J connectivity index is 2.14. The molecule has 0 saturated heterocycles. The lowest BCUT2D eigenvalue weighted by Crippen LogP contribution is -2.23. The van der Waals surface area contributed by atoms with Gasteiger partial charge in [-0.05, 0) is 12.1 Å². The van der Waals surface area contributed by atoms with Gasteiger partial charge in [0.2, 0.25) is 5.78 Å². The zero-order valence-corrected chi connectivity index (χ0v) is 12.3. The van der Waals surface area contributed by atoms with Crippen molar-refractivity contribution in [3.63, 3.8) is 0 Å². The molecular formula is C17H16N2O4. The first-order valence-corrected chi connectivity index (χ1v) is 7.18. The fraction of sp³-hybridized carbons (Fsp3) is 0.176. The monoisotopic (exact) mass is 312 g/mol. The molecule has 0 bridgehead atoms. The Labute approximate surface area is 132 Å². The zero-order chi connectivity index (χ0) is 16.4. The summed E-state index contributed by atoms with van der Waals surface area (Å²) in [5.74, 6) is -0.0840. The second-order valence-electron chi connectivity index (χ2n) is 5.25. The molecule has 1 aromatic heterocycles. The molecule has 0 aliphatic rings. The van der Waals surface area contributed by atoms with Crippen molar-refractivity contribution in [3.05, 3.63) is 59.9 Å². The van der Waals surface area contributed by atoms with E-state index in [-0.39, 0.29) is 23.9 Å². The first kappa shape index (κ1) is 15.2. The van der Waals surface area contributed by atoms with E-state index in [0.717, 1.165) is 0 Å². The average Bonchev–Trinajstić information content (AvgIpc) is 2.92. The van der Waals surface area contributed by atoms with Crippen molar-refractivity contribution in [2.24, 2.45) is 0 Å². The summed E-state index contributed by atoms with van der Waals surface area (Å²) in [7, 11) is 0. The van der Waals surface area contributed by atoms with E-state index >= 15 is 0 Å². The highest BCUT2D eigenvalue weighted by molar-refractivity contribution is 6.08. The van der Waals surface area contributed by atoms with Gasteiger partial charge in [0, 0.05) is 11.6 Å². The summed E-state index contributed by atoms with van der Waals surface area (Å²) in [5, 5.41) is 28.4. The van der Waals surface area contributed by atoms with E-state index in [0.29, 0.717) is 16.6 Å². The molecular weight excluding hydrogens is 296 g/mol. The summed E-state index contributed by atoms with van der Waals surface area (Å²) in [6, 6.07) is 13.3. The number of fused-ring (bicyclic) bond motifs is 1. The highest BCUT2D eigenvalue weighted by Crippen LogP contribution is 2.23. The Bertz CT molecular complexity index is 842. The van der Waals surface area contributed by atoms with Gasteiger partial charge in [0.1, 0.15) is 5.75 Å². The number of benzene rings is 2. The molecule has 1 heterocycles. The predicted molar refractivity (Wildman–Crippen MR) is 84.4 cm³/mol. The van der Waals surface area contributed by atoms with E-state index in [1.807, 2.05) is 6.07 Å². The number of phenols is 1. The molecule has 6 nitrogen and oxygen atoms in total. The second kappa shape index (κ2) is 6.20. The van der Waals surface area contributed by atoms with Gasteiger partial charge in [-0.3, -0.25) is 4.79 Å². The second-order valence-corrected chi connectivity index (χ2v) is 5.25. The maximum absolute atomic E-state index is 12.7. The van der Waals surface area contributed by atoms with Gasteiger partial charge >= 0.3 is 0 Å². The minimum Gasteiger partial charge on any atom is -0.508 e. The molecule has 6 heteroatoms. The van der Waals surface area contributed by atoms with Crippen molar-refractivity contribution in [2.45, 2.75) is 12.6 Å². The van der Waals surface area contributed by atoms with Gasteiger partial charge in [0.25, 0.3) is 0 Å². The number of carbonyl (C=O) groups excluding carboxylic acids is 1. The fourth-order valence-corrected chi connectivity index (χ4v) is 2.46. The van der Waals surface area contributed by atoms with E-state index < -0.39 is 12.7 Å². The molecule has 0 aliphatic carbocycles. The van der Waals surface area contributed by atoms with Crippen molar-refractivity contribution >= 4 is 16.8 Å². The van der Waals surface area contributed by atoms with Crippen LogP contribution in [-0.4, -0.2) is 43.4 Å². The van der Waals surface area contributed by atoms with Crippen molar-refractivity contribution in [1.82, 2.24) is 9.55 Å². The molecule has 1 unspecified atom stereocenters.